The van der Waals surface area contributed by atoms with E-state index in [-0.39, 0.29) is 6.09 Å². The predicted octanol–water partition coefficient (Wildman–Crippen LogP) is 4.04. The molecular weight excluding hydrogens is 352 g/mol. The van der Waals surface area contributed by atoms with Crippen molar-refractivity contribution in [1.82, 2.24) is 9.88 Å². The van der Waals surface area contributed by atoms with Crippen LogP contribution < -0.4 is 10.2 Å². The molecule has 0 spiro atoms. The zero-order valence-corrected chi connectivity index (χ0v) is 17.3. The molecule has 2 aromatic rings. The summed E-state index contributed by atoms with van der Waals surface area (Å²) in [7, 11) is 1.91. The Morgan fingerprint density at radius 1 is 1.29 bits per heavy atom. The van der Waals surface area contributed by atoms with Crippen LogP contribution in [0.25, 0.3) is 10.8 Å². The summed E-state index contributed by atoms with van der Waals surface area (Å²) in [5, 5.41) is 5.67. The summed E-state index contributed by atoms with van der Waals surface area (Å²) in [4.78, 5) is 21.5. The van der Waals surface area contributed by atoms with Gasteiger partial charge in [0.25, 0.3) is 0 Å². The summed E-state index contributed by atoms with van der Waals surface area (Å²) in [5.41, 5.74) is 2.10. The molecule has 0 aliphatic carbocycles. The molecule has 1 aromatic carbocycles. The third-order valence-corrected chi connectivity index (χ3v) is 5.63. The lowest BCUT2D eigenvalue weighted by Gasteiger charge is -2.43. The van der Waals surface area contributed by atoms with E-state index in [2.05, 4.69) is 33.4 Å². The Labute approximate surface area is 166 Å². The van der Waals surface area contributed by atoms with E-state index in [1.807, 2.05) is 38.9 Å². The van der Waals surface area contributed by atoms with Crippen molar-refractivity contribution in [3.63, 3.8) is 0 Å². The Morgan fingerprint density at radius 3 is 2.86 bits per heavy atom. The second kappa shape index (κ2) is 7.15. The molecule has 6 heteroatoms. The molecule has 1 saturated heterocycles. The van der Waals surface area contributed by atoms with Crippen LogP contribution in [0.15, 0.2) is 24.4 Å². The van der Waals surface area contributed by atoms with E-state index in [1.54, 1.807) is 0 Å². The van der Waals surface area contributed by atoms with Crippen LogP contribution in [-0.2, 0) is 11.2 Å². The maximum atomic E-state index is 12.6. The summed E-state index contributed by atoms with van der Waals surface area (Å²) < 4.78 is 5.61. The highest BCUT2D eigenvalue weighted by atomic mass is 16.6. The van der Waals surface area contributed by atoms with Gasteiger partial charge < -0.3 is 19.9 Å². The molecule has 150 valence electrons. The summed E-state index contributed by atoms with van der Waals surface area (Å²) >= 11 is 0. The topological polar surface area (TPSA) is 57.7 Å². The standard InChI is InChI=1S/C22H30N4O2/c1-22(2,3)28-21(27)25-11-6-7-16(14-25)26-12-10-15-13-24-20(23-4)17-8-5-9-18(26)19(15)17/h5,8-9,13,16H,6-7,10-12,14H2,1-4H3,(H,23,24). The Kier molecular flexibility index (Phi) is 4.81. The van der Waals surface area contributed by atoms with Crippen molar-refractivity contribution in [3.8, 4) is 0 Å². The third kappa shape index (κ3) is 3.48. The monoisotopic (exact) mass is 382 g/mol. The number of nitrogens with zero attached hydrogens (tertiary/aromatic N) is 3. The number of hydrogen-bond acceptors (Lipinski definition) is 5. The van der Waals surface area contributed by atoms with Crippen LogP contribution in [0.5, 0.6) is 0 Å². The molecule has 4 rings (SSSR count). The number of amides is 1. The molecular formula is C22H30N4O2. The molecule has 1 N–H and O–H groups in total. The van der Waals surface area contributed by atoms with Gasteiger partial charge in [0.2, 0.25) is 0 Å². The van der Waals surface area contributed by atoms with Gasteiger partial charge in [0.15, 0.2) is 0 Å². The van der Waals surface area contributed by atoms with Crippen LogP contribution in [0.4, 0.5) is 16.3 Å². The molecule has 28 heavy (non-hydrogen) atoms. The average Bonchev–Trinajstić information content (AvgIpc) is 2.67. The van der Waals surface area contributed by atoms with Gasteiger partial charge in [0.05, 0.1) is 0 Å². The second-order valence-electron chi connectivity index (χ2n) is 8.75. The first-order valence-electron chi connectivity index (χ1n) is 10.2. The highest BCUT2D eigenvalue weighted by Crippen LogP contribution is 2.38. The highest BCUT2D eigenvalue weighted by molar-refractivity contribution is 6.03. The minimum Gasteiger partial charge on any atom is -0.444 e. The van der Waals surface area contributed by atoms with E-state index in [1.165, 1.54) is 22.0 Å². The second-order valence-corrected chi connectivity index (χ2v) is 8.75. The van der Waals surface area contributed by atoms with Gasteiger partial charge >= 0.3 is 6.09 Å². The first-order chi connectivity index (χ1) is 13.4. The first kappa shape index (κ1) is 18.8. The van der Waals surface area contributed by atoms with E-state index in [4.69, 9.17) is 4.74 Å². The Balaban J connectivity index is 1.62. The smallest absolute Gasteiger partial charge is 0.410 e. The van der Waals surface area contributed by atoms with Crippen LogP contribution in [0.3, 0.4) is 0 Å². The van der Waals surface area contributed by atoms with Crippen molar-refractivity contribution in [1.29, 1.82) is 0 Å². The van der Waals surface area contributed by atoms with E-state index in [0.29, 0.717) is 12.6 Å². The number of hydrogen-bond donors (Lipinski definition) is 1. The molecule has 0 radical (unpaired) electrons. The number of likely N-dealkylation sites (tertiary alicyclic amines) is 1. The molecule has 1 fully saturated rings. The first-order valence-corrected chi connectivity index (χ1v) is 10.2. The van der Waals surface area contributed by atoms with Crippen molar-refractivity contribution < 1.29 is 9.53 Å². The summed E-state index contributed by atoms with van der Waals surface area (Å²) in [5.74, 6) is 0.918. The molecule has 0 bridgehead atoms. The minimum atomic E-state index is -0.462. The maximum Gasteiger partial charge on any atom is 0.410 e. The Hall–Kier alpha value is -2.50. The van der Waals surface area contributed by atoms with Gasteiger partial charge in [-0.05, 0) is 51.7 Å². The van der Waals surface area contributed by atoms with E-state index in [0.717, 1.165) is 38.2 Å². The number of benzene rings is 1. The molecule has 1 amide bonds. The maximum absolute atomic E-state index is 12.6. The summed E-state index contributed by atoms with van der Waals surface area (Å²) in [6, 6.07) is 6.76. The average molecular weight is 383 g/mol. The van der Waals surface area contributed by atoms with E-state index in [9.17, 15) is 4.79 Å². The lowest BCUT2D eigenvalue weighted by Crippen LogP contribution is -2.52. The van der Waals surface area contributed by atoms with Gasteiger partial charge in [-0.3, -0.25) is 0 Å². The number of anilines is 2. The van der Waals surface area contributed by atoms with Crippen LogP contribution in [0, 0.1) is 0 Å². The minimum absolute atomic E-state index is 0.200. The van der Waals surface area contributed by atoms with Crippen molar-refractivity contribution in [2.45, 2.75) is 51.7 Å². The normalized spacial score (nSPS) is 19.6. The van der Waals surface area contributed by atoms with Crippen molar-refractivity contribution in [3.05, 3.63) is 30.0 Å². The fourth-order valence-corrected chi connectivity index (χ4v) is 4.42. The van der Waals surface area contributed by atoms with Crippen LogP contribution >= 0.6 is 0 Å². The highest BCUT2D eigenvalue weighted by Gasteiger charge is 2.33. The van der Waals surface area contributed by atoms with Gasteiger partial charge in [-0.15, -0.1) is 0 Å². The molecule has 0 saturated carbocycles. The number of carbonyl (C=O) groups excluding carboxylic acids is 1. The molecule has 6 nitrogen and oxygen atoms in total. The summed E-state index contributed by atoms with van der Waals surface area (Å²) in [6.07, 6.45) is 4.88. The molecule has 1 atom stereocenters. The van der Waals surface area contributed by atoms with Gasteiger partial charge in [-0.1, -0.05) is 12.1 Å². The third-order valence-electron chi connectivity index (χ3n) is 5.63. The lowest BCUT2D eigenvalue weighted by molar-refractivity contribution is 0.0198. The van der Waals surface area contributed by atoms with Crippen LogP contribution in [-0.4, -0.2) is 54.3 Å². The number of aromatic nitrogens is 1. The number of carbonyl (C=O) groups is 1. The Bertz CT molecular complexity index is 890. The van der Waals surface area contributed by atoms with Crippen molar-refractivity contribution in [2.75, 3.05) is 36.9 Å². The molecule has 2 aliphatic rings. The van der Waals surface area contributed by atoms with Gasteiger partial charge in [-0.2, -0.15) is 0 Å². The Morgan fingerprint density at radius 2 is 2.11 bits per heavy atom. The lowest BCUT2D eigenvalue weighted by atomic mass is 9.94. The quantitative estimate of drug-likeness (QED) is 0.850. The van der Waals surface area contributed by atoms with Gasteiger partial charge in [0, 0.05) is 55.4 Å². The van der Waals surface area contributed by atoms with E-state index >= 15 is 0 Å². The molecule has 2 aliphatic heterocycles. The number of nitrogens with one attached hydrogen (secondary N) is 1. The number of ether oxygens (including phenoxy) is 1. The number of piperidine rings is 1. The zero-order valence-electron chi connectivity index (χ0n) is 17.3. The SMILES string of the molecule is CNc1ncc2c3c(cccc13)N(C1CCCN(C(=O)OC(C)(C)C)C1)CC2. The summed E-state index contributed by atoms with van der Waals surface area (Å²) in [6.45, 7) is 8.20. The van der Waals surface area contributed by atoms with Crippen LogP contribution in [0.1, 0.15) is 39.2 Å². The van der Waals surface area contributed by atoms with Gasteiger partial charge in [0.1, 0.15) is 11.4 Å². The fourth-order valence-electron chi connectivity index (χ4n) is 4.42. The molecule has 1 unspecified atom stereocenters. The largest absolute Gasteiger partial charge is 0.444 e. The fraction of sp³-hybridized carbons (Fsp3) is 0.545. The zero-order chi connectivity index (χ0) is 19.9. The predicted molar refractivity (Wildman–Crippen MR) is 113 cm³/mol. The van der Waals surface area contributed by atoms with E-state index < -0.39 is 5.60 Å². The molecule has 3 heterocycles. The van der Waals surface area contributed by atoms with Gasteiger partial charge in [-0.25, -0.2) is 9.78 Å². The van der Waals surface area contributed by atoms with Crippen molar-refractivity contribution in [2.24, 2.45) is 0 Å². The molecule has 1 aromatic heterocycles. The number of rotatable bonds is 2. The number of pyridine rings is 1. The van der Waals surface area contributed by atoms with Crippen molar-refractivity contribution >= 4 is 28.4 Å². The van der Waals surface area contributed by atoms with Crippen LogP contribution in [0.2, 0.25) is 0 Å².